The second kappa shape index (κ2) is 18.7. The van der Waals surface area contributed by atoms with E-state index in [1.54, 1.807) is 37.0 Å². The molecule has 2 amide bonds. The molecule has 3 aromatic carbocycles. The molecule has 47 heavy (non-hydrogen) atoms. The number of rotatable bonds is 12. The lowest BCUT2D eigenvalue weighted by Crippen LogP contribution is -2.50. The van der Waals surface area contributed by atoms with Crippen LogP contribution in [0.1, 0.15) is 62.9 Å². The highest BCUT2D eigenvalue weighted by Gasteiger charge is 2.26. The van der Waals surface area contributed by atoms with Gasteiger partial charge in [-0.1, -0.05) is 102 Å². The zero-order valence-corrected chi connectivity index (χ0v) is 29.0. The van der Waals surface area contributed by atoms with Crippen LogP contribution in [0.5, 0.6) is 0 Å². The summed E-state index contributed by atoms with van der Waals surface area (Å²) in [6, 6.07) is 22.3. The maximum absolute atomic E-state index is 12.5. The minimum atomic E-state index is -0.630. The van der Waals surface area contributed by atoms with E-state index in [0.717, 1.165) is 16.7 Å². The first-order chi connectivity index (χ1) is 22.4. The summed E-state index contributed by atoms with van der Waals surface area (Å²) in [4.78, 5) is 33.7. The second-order valence-electron chi connectivity index (χ2n) is 11.5. The monoisotopic (exact) mass is 680 g/mol. The molecule has 10 nitrogen and oxygen atoms in total. The molecule has 4 aromatic rings. The van der Waals surface area contributed by atoms with Crippen molar-refractivity contribution in [3.63, 3.8) is 0 Å². The Bertz CT molecular complexity index is 1580. The Morgan fingerprint density at radius 3 is 2.23 bits per heavy atom. The molecular weight excluding hydrogens is 639 g/mol. The highest BCUT2D eigenvalue weighted by Crippen LogP contribution is 2.22. The molecule has 0 radical (unpaired) electrons. The number of alkyl carbamates (subject to hydrolysis) is 1. The van der Waals surface area contributed by atoms with Gasteiger partial charge in [0.15, 0.2) is 0 Å². The van der Waals surface area contributed by atoms with Crippen LogP contribution in [-0.4, -0.2) is 44.6 Å². The normalized spacial score (nSPS) is 12.5. The molecule has 0 bridgehead atoms. The molecule has 0 fully saturated rings. The van der Waals surface area contributed by atoms with E-state index in [1.807, 2.05) is 88.4 Å². The van der Waals surface area contributed by atoms with E-state index in [4.69, 9.17) is 32.8 Å². The van der Waals surface area contributed by atoms with E-state index in [0.29, 0.717) is 28.9 Å². The number of oxime groups is 1. The van der Waals surface area contributed by atoms with E-state index in [2.05, 4.69) is 25.9 Å². The molecule has 250 valence electrons. The molecule has 0 aliphatic rings. The molecule has 2 N–H and O–H groups in total. The first-order valence-electron chi connectivity index (χ1n) is 15.3. The molecule has 0 aliphatic heterocycles. The molecule has 4 rings (SSSR count). The zero-order chi connectivity index (χ0) is 34.3. The zero-order valence-electron chi connectivity index (χ0n) is 27.5. The van der Waals surface area contributed by atoms with Gasteiger partial charge < -0.3 is 20.2 Å². The number of aromatic nitrogens is 3. The van der Waals surface area contributed by atoms with Gasteiger partial charge in [0.2, 0.25) is 5.91 Å². The van der Waals surface area contributed by atoms with E-state index < -0.39 is 12.1 Å². The van der Waals surface area contributed by atoms with Crippen LogP contribution < -0.4 is 10.6 Å². The number of ether oxygens (including phenoxy) is 1. The van der Waals surface area contributed by atoms with Crippen molar-refractivity contribution in [1.82, 2.24) is 25.4 Å². The minimum Gasteiger partial charge on any atom is -0.447 e. The summed E-state index contributed by atoms with van der Waals surface area (Å²) < 4.78 is 6.70. The van der Waals surface area contributed by atoms with Crippen LogP contribution in [0.2, 0.25) is 10.0 Å². The van der Waals surface area contributed by atoms with Crippen molar-refractivity contribution >= 4 is 40.9 Å². The smallest absolute Gasteiger partial charge is 0.408 e. The fourth-order valence-corrected chi connectivity index (χ4v) is 4.78. The number of hydrogen-bond donors (Lipinski definition) is 2. The summed E-state index contributed by atoms with van der Waals surface area (Å²) in [6.07, 6.45) is 2.27. The number of nitrogens with zero attached hydrogens (tertiary/aromatic N) is 4. The number of amides is 2. The van der Waals surface area contributed by atoms with Crippen molar-refractivity contribution in [3.05, 3.63) is 118 Å². The number of benzene rings is 3. The molecule has 12 heteroatoms. The standard InChI is InChI=1S/C18H28N2O3.C17H14Cl2N4O/c1-11(2)16(20-18(22)23-12(3)4)17(21)19-14(6)15-9-7-13(5)8-10-15;18-14-6-7-15(16(19)8-14)17(9-23-12-20-11-21-23)22-24-10-13-4-2-1-3-5-13/h7-12,14,16H,1-6H3,(H,19,21)(H,20,22);1-8,11-12H,9-10H2. The molecule has 0 saturated heterocycles. The average molecular weight is 682 g/mol. The average Bonchev–Trinajstić information content (AvgIpc) is 3.53. The Hall–Kier alpha value is -4.41. The van der Waals surface area contributed by atoms with Crippen LogP contribution in [-0.2, 0) is 27.5 Å². The molecule has 2 unspecified atom stereocenters. The summed E-state index contributed by atoms with van der Waals surface area (Å²) in [5, 5.41) is 15.0. The van der Waals surface area contributed by atoms with Gasteiger partial charge in [-0.25, -0.2) is 14.5 Å². The van der Waals surface area contributed by atoms with Crippen LogP contribution in [0.25, 0.3) is 0 Å². The summed E-state index contributed by atoms with van der Waals surface area (Å²) in [6.45, 7) is 12.0. The third-order valence-electron chi connectivity index (χ3n) is 6.77. The van der Waals surface area contributed by atoms with E-state index in [-0.39, 0.29) is 24.0 Å². The number of halogens is 2. The fraction of sp³-hybridized carbons (Fsp3) is 0.343. The topological polar surface area (TPSA) is 120 Å². The van der Waals surface area contributed by atoms with Crippen LogP contribution in [0.4, 0.5) is 4.79 Å². The van der Waals surface area contributed by atoms with Crippen molar-refractivity contribution in [2.45, 2.75) is 72.9 Å². The largest absolute Gasteiger partial charge is 0.447 e. The van der Waals surface area contributed by atoms with E-state index in [9.17, 15) is 9.59 Å². The van der Waals surface area contributed by atoms with Crippen LogP contribution in [0, 0.1) is 12.8 Å². The Morgan fingerprint density at radius 2 is 1.64 bits per heavy atom. The summed E-state index contributed by atoms with van der Waals surface area (Å²) >= 11 is 12.3. The number of carbonyl (C=O) groups excluding carboxylic acids is 2. The van der Waals surface area contributed by atoms with E-state index in [1.165, 1.54) is 11.9 Å². The summed E-state index contributed by atoms with van der Waals surface area (Å²) in [5.74, 6) is -0.256. The second-order valence-corrected chi connectivity index (χ2v) is 12.3. The SMILES string of the molecule is Cc1ccc(C(C)NC(=O)C(NC(=O)OC(C)C)C(C)C)cc1.Clc1ccc(C(Cn2cncn2)=NOCc2ccccc2)c(Cl)c1. The van der Waals surface area contributed by atoms with Crippen molar-refractivity contribution in [3.8, 4) is 0 Å². The Morgan fingerprint density at radius 1 is 0.936 bits per heavy atom. The van der Waals surface area contributed by atoms with Gasteiger partial charge in [-0.05, 0) is 62.9 Å². The van der Waals surface area contributed by atoms with Gasteiger partial charge in [0.1, 0.15) is 31.0 Å². The predicted molar refractivity (Wildman–Crippen MR) is 185 cm³/mol. The van der Waals surface area contributed by atoms with Crippen LogP contribution in [0.3, 0.4) is 0 Å². The highest BCUT2D eigenvalue weighted by molar-refractivity contribution is 6.37. The fourth-order valence-electron chi connectivity index (χ4n) is 4.27. The summed E-state index contributed by atoms with van der Waals surface area (Å²) in [7, 11) is 0. The van der Waals surface area contributed by atoms with Gasteiger partial charge in [0.25, 0.3) is 0 Å². The lowest BCUT2D eigenvalue weighted by molar-refractivity contribution is -0.124. The molecule has 2 atom stereocenters. The third-order valence-corrected chi connectivity index (χ3v) is 7.32. The highest BCUT2D eigenvalue weighted by atomic mass is 35.5. The molecule has 1 aromatic heterocycles. The molecule has 0 saturated carbocycles. The quantitative estimate of drug-likeness (QED) is 0.118. The maximum atomic E-state index is 12.5. The Balaban J connectivity index is 0.000000256. The predicted octanol–water partition coefficient (Wildman–Crippen LogP) is 7.54. The first kappa shape index (κ1) is 37.1. The number of hydrogen-bond acceptors (Lipinski definition) is 7. The number of carbonyl (C=O) groups is 2. The van der Waals surface area contributed by atoms with Gasteiger partial charge in [-0.15, -0.1) is 0 Å². The third kappa shape index (κ3) is 12.7. The van der Waals surface area contributed by atoms with Crippen molar-refractivity contribution in [2.75, 3.05) is 0 Å². The van der Waals surface area contributed by atoms with Crippen molar-refractivity contribution in [1.29, 1.82) is 0 Å². The minimum absolute atomic E-state index is 0.0417. The lowest BCUT2D eigenvalue weighted by Gasteiger charge is -2.24. The van der Waals surface area contributed by atoms with Crippen molar-refractivity contribution < 1.29 is 19.2 Å². The van der Waals surface area contributed by atoms with Crippen LogP contribution >= 0.6 is 23.2 Å². The Labute approximate surface area is 286 Å². The molecular formula is C35H42Cl2N6O4. The Kier molecular flexibility index (Phi) is 14.7. The van der Waals surface area contributed by atoms with Gasteiger partial charge in [0.05, 0.1) is 23.7 Å². The number of aryl methyl sites for hydroxylation is 1. The maximum Gasteiger partial charge on any atom is 0.408 e. The summed E-state index contributed by atoms with van der Waals surface area (Å²) in [5.41, 5.74) is 4.60. The van der Waals surface area contributed by atoms with Crippen LogP contribution in [0.15, 0.2) is 90.6 Å². The molecule has 0 aliphatic carbocycles. The van der Waals surface area contributed by atoms with E-state index >= 15 is 0 Å². The van der Waals surface area contributed by atoms with Gasteiger partial charge >= 0.3 is 6.09 Å². The lowest BCUT2D eigenvalue weighted by atomic mass is 10.0. The van der Waals surface area contributed by atoms with Gasteiger partial charge in [-0.2, -0.15) is 5.10 Å². The molecule has 0 spiro atoms. The van der Waals surface area contributed by atoms with Crippen molar-refractivity contribution in [2.24, 2.45) is 11.1 Å². The molecule has 1 heterocycles. The van der Waals surface area contributed by atoms with Gasteiger partial charge in [0, 0.05) is 10.6 Å². The van der Waals surface area contributed by atoms with Gasteiger partial charge in [-0.3, -0.25) is 4.79 Å². The number of nitrogens with one attached hydrogen (secondary N) is 2. The first-order valence-corrected chi connectivity index (χ1v) is 16.0.